The Balaban J connectivity index is 1.03. The summed E-state index contributed by atoms with van der Waals surface area (Å²) < 4.78 is 65.3. The zero-order valence-corrected chi connectivity index (χ0v) is 31.5. The quantitative estimate of drug-likeness (QED) is 0.0585. The van der Waals surface area contributed by atoms with E-state index in [2.05, 4.69) is 34.5 Å². The predicted octanol–water partition coefficient (Wildman–Crippen LogP) is 5.43. The van der Waals surface area contributed by atoms with E-state index in [4.69, 9.17) is 18.8 Å². The molecule has 1 saturated heterocycles. The Bertz CT molecular complexity index is 2450. The first-order chi connectivity index (χ1) is 24.6. The van der Waals surface area contributed by atoms with Gasteiger partial charge in [-0.05, 0) is 41.3 Å². The van der Waals surface area contributed by atoms with Crippen LogP contribution in [0.1, 0.15) is 6.23 Å². The Hall–Kier alpha value is -3.03. The molecule has 5 N–H and O–H groups in total. The summed E-state index contributed by atoms with van der Waals surface area (Å²) in [4.78, 5) is 44.1. The molecule has 0 saturated carbocycles. The van der Waals surface area contributed by atoms with Gasteiger partial charge in [0.1, 0.15) is 24.1 Å². The number of nitrogens with zero attached hydrogens (tertiary/aromatic N) is 5. The number of aliphatic hydroxyl groups is 2. The van der Waals surface area contributed by atoms with Crippen LogP contribution in [0.15, 0.2) is 88.9 Å². The molecule has 52 heavy (non-hydrogen) atoms. The van der Waals surface area contributed by atoms with Gasteiger partial charge in [0.15, 0.2) is 28.2 Å². The SMILES string of the molecule is CSc1nc2c(ncn2[C@@H]2O[C@H](COP(=O)(O)OP(=O)(O)OP(=O)(O)Oc3ccc4ccccc4c3)C(O)[C@@H]2O)c2nc(-c3ccc(Br)cc3)cn12. The highest BCUT2D eigenvalue weighted by Crippen LogP contribution is 2.67. The molecule has 274 valence electrons. The lowest BCUT2D eigenvalue weighted by Crippen LogP contribution is -2.33. The van der Waals surface area contributed by atoms with Gasteiger partial charge in [-0.15, -0.1) is 0 Å². The molecule has 0 amide bonds. The number of aliphatic hydroxyl groups excluding tert-OH is 2. The smallest absolute Gasteiger partial charge is 0.404 e. The number of imidazole rings is 2. The van der Waals surface area contributed by atoms with Crippen molar-refractivity contribution in [2.45, 2.75) is 29.7 Å². The fraction of sp³-hybridized carbons (Fsp3) is 0.207. The highest BCUT2D eigenvalue weighted by Gasteiger charge is 2.47. The van der Waals surface area contributed by atoms with Gasteiger partial charge >= 0.3 is 23.5 Å². The molecule has 0 radical (unpaired) electrons. The largest absolute Gasteiger partial charge is 0.536 e. The van der Waals surface area contributed by atoms with Crippen molar-refractivity contribution in [3.63, 3.8) is 0 Å². The number of halogens is 1. The van der Waals surface area contributed by atoms with E-state index in [9.17, 15) is 38.6 Å². The summed E-state index contributed by atoms with van der Waals surface area (Å²) in [5.41, 5.74) is 2.56. The normalized spacial score (nSPS) is 22.8. The van der Waals surface area contributed by atoms with Crippen molar-refractivity contribution in [3.8, 4) is 17.0 Å². The summed E-state index contributed by atoms with van der Waals surface area (Å²) >= 11 is 4.74. The van der Waals surface area contributed by atoms with Crippen molar-refractivity contribution < 1.29 is 61.0 Å². The van der Waals surface area contributed by atoms with Gasteiger partial charge in [0.2, 0.25) is 0 Å². The van der Waals surface area contributed by atoms with Crippen LogP contribution in [0, 0.1) is 0 Å². The third-order valence-electron chi connectivity index (χ3n) is 7.78. The van der Waals surface area contributed by atoms with Gasteiger partial charge < -0.3 is 29.3 Å². The summed E-state index contributed by atoms with van der Waals surface area (Å²) in [7, 11) is -16.7. The molecule has 4 heterocycles. The molecule has 3 aromatic heterocycles. The molecule has 1 aliphatic heterocycles. The van der Waals surface area contributed by atoms with Crippen LogP contribution in [0.2, 0.25) is 0 Å². The number of phosphoric ester groups is 2. The average Bonchev–Trinajstić information content (AvgIpc) is 3.78. The second-order valence-corrected chi connectivity index (χ2v) is 17.5. The van der Waals surface area contributed by atoms with Crippen molar-refractivity contribution >= 4 is 78.7 Å². The van der Waals surface area contributed by atoms with Crippen molar-refractivity contribution in [1.82, 2.24) is 23.9 Å². The number of hydrogen-bond acceptors (Lipinski definition) is 14. The van der Waals surface area contributed by atoms with E-state index in [1.807, 2.05) is 36.7 Å². The van der Waals surface area contributed by atoms with Gasteiger partial charge in [0.25, 0.3) is 0 Å². The number of phosphoric acid groups is 3. The maximum atomic E-state index is 12.6. The van der Waals surface area contributed by atoms with Crippen LogP contribution in [0.4, 0.5) is 0 Å². The maximum absolute atomic E-state index is 12.6. The van der Waals surface area contributed by atoms with Crippen LogP contribution < -0.4 is 4.52 Å². The van der Waals surface area contributed by atoms with Crippen molar-refractivity contribution in [1.29, 1.82) is 0 Å². The molecule has 7 rings (SSSR count). The van der Waals surface area contributed by atoms with E-state index in [0.29, 0.717) is 27.4 Å². The molecular weight excluding hydrogens is 831 g/mol. The molecule has 7 atom stereocenters. The van der Waals surface area contributed by atoms with Gasteiger partial charge in [0, 0.05) is 16.2 Å². The summed E-state index contributed by atoms with van der Waals surface area (Å²) in [5.74, 6) is -0.210. The number of benzene rings is 3. The topological polar surface area (TPSA) is 247 Å². The Morgan fingerprint density at radius 2 is 1.60 bits per heavy atom. The Morgan fingerprint density at radius 3 is 2.33 bits per heavy atom. The Labute approximate surface area is 305 Å². The van der Waals surface area contributed by atoms with Crippen LogP contribution in [-0.4, -0.2) is 80.0 Å². The van der Waals surface area contributed by atoms with Gasteiger partial charge in [-0.1, -0.05) is 70.2 Å². The van der Waals surface area contributed by atoms with E-state index >= 15 is 0 Å². The molecular formula is C29H27BrN5O13P3S. The molecule has 0 aliphatic carbocycles. The molecule has 23 heteroatoms. The van der Waals surface area contributed by atoms with Crippen LogP contribution in [0.25, 0.3) is 38.8 Å². The van der Waals surface area contributed by atoms with E-state index in [1.165, 1.54) is 34.8 Å². The van der Waals surface area contributed by atoms with Crippen LogP contribution >= 0.6 is 51.2 Å². The number of thioether (sulfide) groups is 1. The van der Waals surface area contributed by atoms with E-state index in [1.54, 1.807) is 34.7 Å². The number of rotatable bonds is 12. The van der Waals surface area contributed by atoms with Crippen molar-refractivity contribution in [3.05, 3.63) is 83.7 Å². The minimum Gasteiger partial charge on any atom is -0.404 e. The summed E-state index contributed by atoms with van der Waals surface area (Å²) in [6.45, 7) is -0.954. The molecule has 1 aliphatic rings. The van der Waals surface area contributed by atoms with Gasteiger partial charge in [-0.2, -0.15) is 8.62 Å². The van der Waals surface area contributed by atoms with E-state index < -0.39 is 54.6 Å². The number of ether oxygens (including phenoxy) is 1. The number of aromatic nitrogens is 5. The van der Waals surface area contributed by atoms with E-state index in [0.717, 1.165) is 15.4 Å². The Morgan fingerprint density at radius 1 is 0.885 bits per heavy atom. The molecule has 18 nitrogen and oxygen atoms in total. The maximum Gasteiger partial charge on any atom is 0.536 e. The molecule has 1 fully saturated rings. The van der Waals surface area contributed by atoms with Crippen LogP contribution in [-0.2, 0) is 31.6 Å². The van der Waals surface area contributed by atoms with Crippen LogP contribution in [0.3, 0.4) is 0 Å². The lowest BCUT2D eigenvalue weighted by molar-refractivity contribution is -0.0503. The summed E-state index contributed by atoms with van der Waals surface area (Å²) in [6, 6.07) is 18.7. The summed E-state index contributed by atoms with van der Waals surface area (Å²) in [6.07, 6.45) is -1.18. The Kier molecular flexibility index (Phi) is 10.3. The monoisotopic (exact) mass is 857 g/mol. The minimum atomic E-state index is -5.80. The lowest BCUT2D eigenvalue weighted by atomic mass is 10.1. The number of hydrogen-bond donors (Lipinski definition) is 5. The molecule has 6 aromatic rings. The third kappa shape index (κ3) is 7.78. The second kappa shape index (κ2) is 14.3. The van der Waals surface area contributed by atoms with Crippen molar-refractivity contribution in [2.75, 3.05) is 12.9 Å². The zero-order chi connectivity index (χ0) is 37.0. The fourth-order valence-electron chi connectivity index (χ4n) is 5.49. The second-order valence-electron chi connectivity index (χ2n) is 11.3. The first-order valence-corrected chi connectivity index (χ1v) is 21.4. The lowest BCUT2D eigenvalue weighted by Gasteiger charge is -2.20. The molecule has 0 bridgehead atoms. The molecule has 4 unspecified atom stereocenters. The molecule has 3 aromatic carbocycles. The van der Waals surface area contributed by atoms with Gasteiger partial charge in [-0.3, -0.25) is 18.4 Å². The first-order valence-electron chi connectivity index (χ1n) is 14.9. The standard InChI is InChI=1S/C29H27BrN5O13P3S/c1-52-29-33-27-23(26-32-21(13-34(26)29)17-6-9-19(30)10-7-17)31-15-35(27)28-25(37)24(36)22(45-28)14-44-49(38,39)47-51(42,43)48-50(40,41)46-20-11-8-16-4-2-3-5-18(16)12-20/h2-13,15,22,24-25,28,36-37H,14H2,1H3,(H,38,39)(H,40,41)(H,42,43)/t22-,24?,25+,28-/m1/s1. The van der Waals surface area contributed by atoms with Gasteiger partial charge in [-0.25, -0.2) is 28.6 Å². The molecule has 0 spiro atoms. The minimum absolute atomic E-state index is 0.210. The average molecular weight is 858 g/mol. The highest BCUT2D eigenvalue weighted by molar-refractivity contribution is 9.10. The zero-order valence-electron chi connectivity index (χ0n) is 26.4. The fourth-order valence-corrected chi connectivity index (χ4v) is 9.78. The predicted molar refractivity (Wildman–Crippen MR) is 189 cm³/mol. The van der Waals surface area contributed by atoms with Gasteiger partial charge in [0.05, 0.1) is 18.6 Å². The third-order valence-corrected chi connectivity index (χ3v) is 13.2. The number of fused-ring (bicyclic) bond motifs is 4. The summed E-state index contributed by atoms with van der Waals surface area (Å²) in [5, 5.41) is 23.6. The highest BCUT2D eigenvalue weighted by atomic mass is 79.9. The van der Waals surface area contributed by atoms with E-state index in [-0.39, 0.29) is 11.4 Å². The van der Waals surface area contributed by atoms with Crippen LogP contribution in [0.5, 0.6) is 5.75 Å². The van der Waals surface area contributed by atoms with Crippen molar-refractivity contribution in [2.24, 2.45) is 0 Å². The first kappa shape index (κ1) is 37.3.